The quantitative estimate of drug-likeness (QED) is 0.860. The smallest absolute Gasteiger partial charge is 0.153 e. The molecule has 6 heteroatoms. The fourth-order valence-corrected chi connectivity index (χ4v) is 3.01. The lowest BCUT2D eigenvalue weighted by Crippen LogP contribution is -2.26. The summed E-state index contributed by atoms with van der Waals surface area (Å²) >= 11 is 9.54. The van der Waals surface area contributed by atoms with E-state index in [1.807, 2.05) is 29.9 Å². The first-order valence-electron chi connectivity index (χ1n) is 6.64. The van der Waals surface area contributed by atoms with Crippen molar-refractivity contribution >= 4 is 27.5 Å². The number of benzene rings is 1. The average molecular weight is 358 g/mol. The molecule has 4 nitrogen and oxygen atoms in total. The Morgan fingerprint density at radius 1 is 1.45 bits per heavy atom. The SMILES string of the molecule is CCCNC(Cc1cccc(Cl)c1)c1c(Br)nnn1C. The van der Waals surface area contributed by atoms with Crippen LogP contribution in [0.3, 0.4) is 0 Å². The van der Waals surface area contributed by atoms with Crippen LogP contribution in [0.2, 0.25) is 5.02 Å². The second-order valence-corrected chi connectivity index (χ2v) is 5.92. The lowest BCUT2D eigenvalue weighted by Gasteiger charge is -2.19. The number of rotatable bonds is 6. The zero-order valence-electron chi connectivity index (χ0n) is 11.6. The van der Waals surface area contributed by atoms with Crippen LogP contribution in [0, 0.1) is 0 Å². The van der Waals surface area contributed by atoms with Gasteiger partial charge in [0.15, 0.2) is 4.60 Å². The Morgan fingerprint density at radius 2 is 2.25 bits per heavy atom. The predicted molar refractivity (Wildman–Crippen MR) is 84.9 cm³/mol. The maximum absolute atomic E-state index is 6.06. The molecule has 0 radical (unpaired) electrons. The first-order chi connectivity index (χ1) is 9.61. The molecular formula is C14H18BrClN4. The highest BCUT2D eigenvalue weighted by Gasteiger charge is 2.20. The van der Waals surface area contributed by atoms with Crippen molar-refractivity contribution in [3.63, 3.8) is 0 Å². The molecule has 0 spiro atoms. The molecule has 0 amide bonds. The largest absolute Gasteiger partial charge is 0.308 e. The number of hydrogen-bond donors (Lipinski definition) is 1. The molecule has 1 heterocycles. The van der Waals surface area contributed by atoms with Gasteiger partial charge in [0, 0.05) is 12.1 Å². The fraction of sp³-hybridized carbons (Fsp3) is 0.429. The predicted octanol–water partition coefficient (Wildman–Crippen LogP) is 3.51. The molecule has 2 aromatic rings. The molecule has 0 saturated heterocycles. The third-order valence-electron chi connectivity index (χ3n) is 3.13. The van der Waals surface area contributed by atoms with Gasteiger partial charge in [-0.3, -0.25) is 0 Å². The van der Waals surface area contributed by atoms with Gasteiger partial charge in [-0.25, -0.2) is 4.68 Å². The van der Waals surface area contributed by atoms with Crippen molar-refractivity contribution in [2.24, 2.45) is 7.05 Å². The number of halogens is 2. The van der Waals surface area contributed by atoms with Crippen LogP contribution in [0.4, 0.5) is 0 Å². The highest BCUT2D eigenvalue weighted by molar-refractivity contribution is 9.10. The van der Waals surface area contributed by atoms with Gasteiger partial charge >= 0.3 is 0 Å². The molecule has 1 atom stereocenters. The summed E-state index contributed by atoms with van der Waals surface area (Å²) in [4.78, 5) is 0. The van der Waals surface area contributed by atoms with E-state index in [1.54, 1.807) is 0 Å². The van der Waals surface area contributed by atoms with Gasteiger partial charge < -0.3 is 5.32 Å². The number of aryl methyl sites for hydroxylation is 1. The van der Waals surface area contributed by atoms with Crippen LogP contribution in [0.15, 0.2) is 28.9 Å². The van der Waals surface area contributed by atoms with Crippen molar-refractivity contribution in [3.05, 3.63) is 45.1 Å². The molecule has 0 aliphatic carbocycles. The summed E-state index contributed by atoms with van der Waals surface area (Å²) in [5, 5.41) is 12.4. The molecule has 0 saturated carbocycles. The summed E-state index contributed by atoms with van der Waals surface area (Å²) in [6.45, 7) is 3.10. The van der Waals surface area contributed by atoms with E-state index in [4.69, 9.17) is 11.6 Å². The molecule has 0 fully saturated rings. The van der Waals surface area contributed by atoms with Crippen LogP contribution in [-0.2, 0) is 13.5 Å². The number of nitrogens with one attached hydrogen (secondary N) is 1. The van der Waals surface area contributed by atoms with Gasteiger partial charge in [0.1, 0.15) is 0 Å². The molecule has 0 aliphatic rings. The van der Waals surface area contributed by atoms with E-state index in [-0.39, 0.29) is 6.04 Å². The minimum absolute atomic E-state index is 0.155. The number of nitrogens with zero attached hydrogens (tertiary/aromatic N) is 3. The second kappa shape index (κ2) is 7.20. The van der Waals surface area contributed by atoms with E-state index in [0.29, 0.717) is 0 Å². The lowest BCUT2D eigenvalue weighted by molar-refractivity contribution is 0.491. The third kappa shape index (κ3) is 3.81. The summed E-state index contributed by atoms with van der Waals surface area (Å²) in [6.07, 6.45) is 1.93. The monoisotopic (exact) mass is 356 g/mol. The summed E-state index contributed by atoms with van der Waals surface area (Å²) < 4.78 is 2.60. The van der Waals surface area contributed by atoms with Gasteiger partial charge in [-0.05, 0) is 53.0 Å². The minimum Gasteiger partial charge on any atom is -0.308 e. The van der Waals surface area contributed by atoms with Crippen molar-refractivity contribution in [1.29, 1.82) is 0 Å². The summed E-state index contributed by atoms with van der Waals surface area (Å²) in [7, 11) is 1.91. The number of aromatic nitrogens is 3. The van der Waals surface area contributed by atoms with Crippen LogP contribution in [-0.4, -0.2) is 21.5 Å². The topological polar surface area (TPSA) is 42.7 Å². The fourth-order valence-electron chi connectivity index (χ4n) is 2.19. The summed E-state index contributed by atoms with van der Waals surface area (Å²) in [5.74, 6) is 0. The van der Waals surface area contributed by atoms with Gasteiger partial charge in [-0.2, -0.15) is 0 Å². The normalized spacial score (nSPS) is 12.6. The molecule has 20 heavy (non-hydrogen) atoms. The molecule has 1 N–H and O–H groups in total. The zero-order chi connectivity index (χ0) is 14.5. The van der Waals surface area contributed by atoms with Crippen LogP contribution in [0.5, 0.6) is 0 Å². The average Bonchev–Trinajstić information content (AvgIpc) is 2.74. The van der Waals surface area contributed by atoms with Gasteiger partial charge in [-0.15, -0.1) is 5.10 Å². The Kier molecular flexibility index (Phi) is 5.57. The number of hydrogen-bond acceptors (Lipinski definition) is 3. The maximum atomic E-state index is 6.06. The van der Waals surface area contributed by atoms with E-state index in [2.05, 4.69) is 44.5 Å². The van der Waals surface area contributed by atoms with Crippen molar-refractivity contribution in [2.45, 2.75) is 25.8 Å². The standard InChI is InChI=1S/C14H18BrClN4/c1-3-7-17-12(13-14(15)18-19-20(13)2)9-10-5-4-6-11(16)8-10/h4-6,8,12,17H,3,7,9H2,1-2H3. The van der Waals surface area contributed by atoms with Crippen LogP contribution < -0.4 is 5.32 Å². The van der Waals surface area contributed by atoms with Crippen LogP contribution in [0.25, 0.3) is 0 Å². The first kappa shape index (κ1) is 15.5. The van der Waals surface area contributed by atoms with E-state index in [0.717, 1.165) is 34.7 Å². The van der Waals surface area contributed by atoms with E-state index in [1.165, 1.54) is 5.56 Å². The Balaban J connectivity index is 2.24. The van der Waals surface area contributed by atoms with Gasteiger partial charge in [-0.1, -0.05) is 35.9 Å². The molecule has 2 rings (SSSR count). The maximum Gasteiger partial charge on any atom is 0.153 e. The molecular weight excluding hydrogens is 340 g/mol. The summed E-state index contributed by atoms with van der Waals surface area (Å²) in [6, 6.07) is 8.11. The molecule has 0 bridgehead atoms. The Morgan fingerprint density at radius 3 is 2.85 bits per heavy atom. The Hall–Kier alpha value is -0.910. The molecule has 1 aromatic heterocycles. The Bertz CT molecular complexity index is 551. The highest BCUT2D eigenvalue weighted by Crippen LogP contribution is 2.25. The molecule has 1 aromatic carbocycles. The lowest BCUT2D eigenvalue weighted by atomic mass is 10.0. The summed E-state index contributed by atoms with van der Waals surface area (Å²) in [5.41, 5.74) is 2.25. The minimum atomic E-state index is 0.155. The van der Waals surface area contributed by atoms with E-state index >= 15 is 0 Å². The Labute approximate surface area is 132 Å². The molecule has 108 valence electrons. The molecule has 1 unspecified atom stereocenters. The van der Waals surface area contributed by atoms with Crippen molar-refractivity contribution in [1.82, 2.24) is 20.3 Å². The zero-order valence-corrected chi connectivity index (χ0v) is 13.9. The van der Waals surface area contributed by atoms with Crippen molar-refractivity contribution < 1.29 is 0 Å². The van der Waals surface area contributed by atoms with Crippen LogP contribution >= 0.6 is 27.5 Å². The third-order valence-corrected chi connectivity index (χ3v) is 3.93. The van der Waals surface area contributed by atoms with Crippen molar-refractivity contribution in [2.75, 3.05) is 6.54 Å². The van der Waals surface area contributed by atoms with Gasteiger partial charge in [0.25, 0.3) is 0 Å². The van der Waals surface area contributed by atoms with Gasteiger partial charge in [0.2, 0.25) is 0 Å². The van der Waals surface area contributed by atoms with Gasteiger partial charge in [0.05, 0.1) is 11.7 Å². The van der Waals surface area contributed by atoms with Crippen molar-refractivity contribution in [3.8, 4) is 0 Å². The first-order valence-corrected chi connectivity index (χ1v) is 7.81. The van der Waals surface area contributed by atoms with E-state index < -0.39 is 0 Å². The second-order valence-electron chi connectivity index (χ2n) is 4.73. The van der Waals surface area contributed by atoms with E-state index in [9.17, 15) is 0 Å². The molecule has 0 aliphatic heterocycles. The highest BCUT2D eigenvalue weighted by atomic mass is 79.9. The van der Waals surface area contributed by atoms with Crippen LogP contribution in [0.1, 0.15) is 30.6 Å².